The SMILES string of the molecule is CC1(c2ccccc2)NC(=O)N(Cc2c(F)cccc2Cl)C1=O. The van der Waals surface area contributed by atoms with Crippen LogP contribution in [0.25, 0.3) is 0 Å². The van der Waals surface area contributed by atoms with Gasteiger partial charge in [0.25, 0.3) is 5.91 Å². The molecule has 118 valence electrons. The molecule has 1 heterocycles. The number of nitrogens with one attached hydrogen (secondary N) is 1. The van der Waals surface area contributed by atoms with Gasteiger partial charge in [-0.1, -0.05) is 48.0 Å². The Morgan fingerprint density at radius 1 is 1.13 bits per heavy atom. The second kappa shape index (κ2) is 5.66. The Morgan fingerprint density at radius 2 is 1.83 bits per heavy atom. The molecule has 23 heavy (non-hydrogen) atoms. The summed E-state index contributed by atoms with van der Waals surface area (Å²) < 4.78 is 13.9. The van der Waals surface area contributed by atoms with Crippen LogP contribution in [-0.2, 0) is 16.9 Å². The molecule has 0 aliphatic carbocycles. The van der Waals surface area contributed by atoms with E-state index >= 15 is 0 Å². The summed E-state index contributed by atoms with van der Waals surface area (Å²) in [6.07, 6.45) is 0. The average Bonchev–Trinajstić information content (AvgIpc) is 2.75. The second-order valence-corrected chi connectivity index (χ2v) is 5.92. The fourth-order valence-electron chi connectivity index (χ4n) is 2.65. The molecule has 0 spiro atoms. The zero-order chi connectivity index (χ0) is 16.6. The maximum absolute atomic E-state index is 13.9. The number of amides is 3. The van der Waals surface area contributed by atoms with Gasteiger partial charge in [-0.2, -0.15) is 0 Å². The van der Waals surface area contributed by atoms with Crippen molar-refractivity contribution in [2.45, 2.75) is 19.0 Å². The van der Waals surface area contributed by atoms with E-state index in [1.165, 1.54) is 18.2 Å². The Morgan fingerprint density at radius 3 is 2.48 bits per heavy atom. The molecule has 6 heteroatoms. The van der Waals surface area contributed by atoms with Crippen molar-refractivity contribution in [3.63, 3.8) is 0 Å². The number of hydrogen-bond donors (Lipinski definition) is 1. The van der Waals surface area contributed by atoms with Gasteiger partial charge in [0.1, 0.15) is 11.4 Å². The summed E-state index contributed by atoms with van der Waals surface area (Å²) in [6, 6.07) is 12.6. The van der Waals surface area contributed by atoms with Crippen molar-refractivity contribution in [2.24, 2.45) is 0 Å². The fraction of sp³-hybridized carbons (Fsp3) is 0.176. The van der Waals surface area contributed by atoms with Crippen LogP contribution in [0.2, 0.25) is 5.02 Å². The minimum Gasteiger partial charge on any atom is -0.319 e. The molecular formula is C17H14ClFN2O2. The second-order valence-electron chi connectivity index (χ2n) is 5.51. The molecule has 1 atom stereocenters. The molecule has 0 aromatic heterocycles. The van der Waals surface area contributed by atoms with E-state index in [2.05, 4.69) is 5.32 Å². The van der Waals surface area contributed by atoms with Crippen LogP contribution in [0.5, 0.6) is 0 Å². The van der Waals surface area contributed by atoms with Gasteiger partial charge in [-0.15, -0.1) is 0 Å². The van der Waals surface area contributed by atoms with E-state index in [1.807, 2.05) is 6.07 Å². The number of urea groups is 1. The van der Waals surface area contributed by atoms with Gasteiger partial charge in [0.15, 0.2) is 0 Å². The van der Waals surface area contributed by atoms with E-state index in [9.17, 15) is 14.0 Å². The third-order valence-electron chi connectivity index (χ3n) is 4.00. The molecule has 0 radical (unpaired) electrons. The van der Waals surface area contributed by atoms with Crippen molar-refractivity contribution >= 4 is 23.5 Å². The first-order valence-electron chi connectivity index (χ1n) is 7.06. The molecule has 3 amide bonds. The molecule has 1 unspecified atom stereocenters. The van der Waals surface area contributed by atoms with Crippen molar-refractivity contribution in [3.05, 3.63) is 70.5 Å². The summed E-state index contributed by atoms with van der Waals surface area (Å²) in [5.41, 5.74) is -0.383. The number of carbonyl (C=O) groups excluding carboxylic acids is 2. The molecule has 1 aliphatic heterocycles. The predicted molar refractivity (Wildman–Crippen MR) is 84.3 cm³/mol. The first kappa shape index (κ1) is 15.5. The Labute approximate surface area is 137 Å². The molecule has 3 rings (SSSR count). The van der Waals surface area contributed by atoms with Crippen LogP contribution in [-0.4, -0.2) is 16.8 Å². The zero-order valence-corrected chi connectivity index (χ0v) is 13.1. The standard InChI is InChI=1S/C17H14ClFN2O2/c1-17(11-6-3-2-4-7-11)15(22)21(16(23)20-17)10-12-13(18)8-5-9-14(12)19/h2-9H,10H2,1H3,(H,20,23). The van der Waals surface area contributed by atoms with Gasteiger partial charge in [0, 0.05) is 10.6 Å². The maximum Gasteiger partial charge on any atom is 0.325 e. The number of benzene rings is 2. The third kappa shape index (κ3) is 2.57. The lowest BCUT2D eigenvalue weighted by molar-refractivity contribution is -0.131. The van der Waals surface area contributed by atoms with Crippen LogP contribution in [0.15, 0.2) is 48.5 Å². The first-order valence-corrected chi connectivity index (χ1v) is 7.44. The van der Waals surface area contributed by atoms with Gasteiger partial charge >= 0.3 is 6.03 Å². The lowest BCUT2D eigenvalue weighted by atomic mass is 9.92. The summed E-state index contributed by atoms with van der Waals surface area (Å²) in [6.45, 7) is 1.42. The molecule has 0 bridgehead atoms. The van der Waals surface area contributed by atoms with Crippen LogP contribution in [0.1, 0.15) is 18.1 Å². The minimum absolute atomic E-state index is 0.120. The van der Waals surface area contributed by atoms with Crippen molar-refractivity contribution < 1.29 is 14.0 Å². The van der Waals surface area contributed by atoms with Gasteiger partial charge in [-0.05, 0) is 24.6 Å². The third-order valence-corrected chi connectivity index (χ3v) is 4.36. The zero-order valence-electron chi connectivity index (χ0n) is 12.3. The van der Waals surface area contributed by atoms with Crippen molar-refractivity contribution in [3.8, 4) is 0 Å². The maximum atomic E-state index is 13.9. The van der Waals surface area contributed by atoms with Crippen LogP contribution >= 0.6 is 11.6 Å². The van der Waals surface area contributed by atoms with Gasteiger partial charge < -0.3 is 5.32 Å². The van der Waals surface area contributed by atoms with E-state index in [1.54, 1.807) is 31.2 Å². The Hall–Kier alpha value is -2.40. The van der Waals surface area contributed by atoms with Crippen molar-refractivity contribution in [1.29, 1.82) is 0 Å². The number of carbonyl (C=O) groups is 2. The predicted octanol–water partition coefficient (Wildman–Crippen LogP) is 3.45. The molecular weight excluding hydrogens is 319 g/mol. The van der Waals surface area contributed by atoms with E-state index in [4.69, 9.17) is 11.6 Å². The molecule has 2 aromatic rings. The summed E-state index contributed by atoms with van der Waals surface area (Å²) in [7, 11) is 0. The highest BCUT2D eigenvalue weighted by atomic mass is 35.5. The van der Waals surface area contributed by atoms with Gasteiger partial charge in [0.05, 0.1) is 6.54 Å². The molecule has 4 nitrogen and oxygen atoms in total. The smallest absolute Gasteiger partial charge is 0.319 e. The van der Waals surface area contributed by atoms with E-state index in [-0.39, 0.29) is 17.1 Å². The number of nitrogens with zero attached hydrogens (tertiary/aromatic N) is 1. The fourth-order valence-corrected chi connectivity index (χ4v) is 2.87. The Balaban J connectivity index is 1.94. The monoisotopic (exact) mass is 332 g/mol. The lowest BCUT2D eigenvalue weighted by Crippen LogP contribution is -2.40. The Kier molecular flexibility index (Phi) is 3.82. The van der Waals surface area contributed by atoms with Gasteiger partial charge in [-0.3, -0.25) is 9.69 Å². The molecule has 1 N–H and O–H groups in total. The van der Waals surface area contributed by atoms with Gasteiger partial charge in [0.2, 0.25) is 0 Å². The van der Waals surface area contributed by atoms with Crippen LogP contribution < -0.4 is 5.32 Å². The highest BCUT2D eigenvalue weighted by molar-refractivity contribution is 6.31. The van der Waals surface area contributed by atoms with Crippen molar-refractivity contribution in [2.75, 3.05) is 0 Å². The summed E-state index contributed by atoms with van der Waals surface area (Å²) in [5, 5.41) is 2.86. The topological polar surface area (TPSA) is 49.4 Å². The van der Waals surface area contributed by atoms with E-state index in [0.29, 0.717) is 5.56 Å². The number of hydrogen-bond acceptors (Lipinski definition) is 2. The molecule has 1 saturated heterocycles. The van der Waals surface area contributed by atoms with E-state index < -0.39 is 23.3 Å². The van der Waals surface area contributed by atoms with Gasteiger partial charge in [-0.25, -0.2) is 9.18 Å². The number of rotatable bonds is 3. The van der Waals surface area contributed by atoms with Crippen molar-refractivity contribution in [1.82, 2.24) is 10.2 Å². The lowest BCUT2D eigenvalue weighted by Gasteiger charge is -2.22. The quantitative estimate of drug-likeness (QED) is 0.875. The molecule has 1 fully saturated rings. The molecule has 2 aromatic carbocycles. The molecule has 0 saturated carbocycles. The first-order chi connectivity index (χ1) is 10.9. The van der Waals surface area contributed by atoms with Crippen LogP contribution in [0.4, 0.5) is 9.18 Å². The van der Waals surface area contributed by atoms with Crippen LogP contribution in [0, 0.1) is 5.82 Å². The minimum atomic E-state index is -1.17. The summed E-state index contributed by atoms with van der Waals surface area (Å²) >= 11 is 5.98. The van der Waals surface area contributed by atoms with Crippen LogP contribution in [0.3, 0.4) is 0 Å². The largest absolute Gasteiger partial charge is 0.325 e. The summed E-state index contributed by atoms with van der Waals surface area (Å²) in [4.78, 5) is 26.0. The normalized spacial score (nSPS) is 20.7. The Bertz CT molecular complexity index is 761. The highest BCUT2D eigenvalue weighted by Gasteiger charge is 2.49. The highest BCUT2D eigenvalue weighted by Crippen LogP contribution is 2.31. The summed E-state index contributed by atoms with van der Waals surface area (Å²) in [5.74, 6) is -0.987. The van der Waals surface area contributed by atoms with E-state index in [0.717, 1.165) is 4.90 Å². The number of halogens is 2. The molecule has 1 aliphatic rings. The average molecular weight is 333 g/mol. The number of imide groups is 1.